The smallest absolute Gasteiger partial charge is 0.387 e. The lowest BCUT2D eigenvalue weighted by Crippen LogP contribution is -2.34. The van der Waals surface area contributed by atoms with Crippen LogP contribution in [0.1, 0.15) is 40.4 Å². The molecule has 2 amide bonds. The SMILES string of the molecule is CN(C)CCNC(=O)Nc1ccc(C(=O)OC(Cc2c(OCl)cncc2OCl)c2ccc(OC(F)F)c(OCC3CC3)c2)cc1. The Hall–Kier alpha value is -4.07. The number of hydrogen-bond acceptors (Lipinski definition) is 9. The summed E-state index contributed by atoms with van der Waals surface area (Å²) in [6, 6.07) is 9.97. The van der Waals surface area contributed by atoms with E-state index in [1.54, 1.807) is 12.1 Å². The van der Waals surface area contributed by atoms with E-state index in [4.69, 9.17) is 41.8 Å². The number of hydrogen-bond donors (Lipinski definition) is 2. The molecule has 11 nitrogen and oxygen atoms in total. The van der Waals surface area contributed by atoms with Crippen molar-refractivity contribution in [1.29, 1.82) is 0 Å². The maximum atomic E-state index is 13.4. The summed E-state index contributed by atoms with van der Waals surface area (Å²) in [5, 5.41) is 5.43. The van der Waals surface area contributed by atoms with Crippen LogP contribution >= 0.6 is 23.7 Å². The van der Waals surface area contributed by atoms with Gasteiger partial charge in [0.2, 0.25) is 0 Å². The third-order valence-electron chi connectivity index (χ3n) is 6.73. The van der Waals surface area contributed by atoms with Crippen molar-refractivity contribution in [3.05, 3.63) is 71.5 Å². The topological polar surface area (TPSA) is 120 Å². The first kappa shape index (κ1) is 33.8. The lowest BCUT2D eigenvalue weighted by molar-refractivity contribution is -0.0515. The van der Waals surface area contributed by atoms with Gasteiger partial charge in [-0.25, -0.2) is 9.59 Å². The fourth-order valence-electron chi connectivity index (χ4n) is 4.18. The van der Waals surface area contributed by atoms with Crippen molar-refractivity contribution in [2.45, 2.75) is 32.0 Å². The van der Waals surface area contributed by atoms with E-state index >= 15 is 0 Å². The maximum Gasteiger partial charge on any atom is 0.387 e. The van der Waals surface area contributed by atoms with Gasteiger partial charge in [-0.2, -0.15) is 8.78 Å². The Morgan fingerprint density at radius 2 is 1.69 bits per heavy atom. The molecule has 15 heteroatoms. The van der Waals surface area contributed by atoms with E-state index in [-0.39, 0.29) is 35.0 Å². The summed E-state index contributed by atoms with van der Waals surface area (Å²) < 4.78 is 52.5. The number of anilines is 1. The average Bonchev–Trinajstić information content (AvgIpc) is 3.85. The van der Waals surface area contributed by atoms with Crippen LogP contribution in [0.4, 0.5) is 19.3 Å². The molecular weight excluding hydrogens is 637 g/mol. The molecule has 3 aromatic rings. The Kier molecular flexibility index (Phi) is 12.2. The van der Waals surface area contributed by atoms with Crippen molar-refractivity contribution in [3.63, 3.8) is 0 Å². The van der Waals surface area contributed by atoms with Crippen molar-refractivity contribution in [2.24, 2.45) is 5.92 Å². The number of nitrogens with zero attached hydrogens (tertiary/aromatic N) is 2. The highest BCUT2D eigenvalue weighted by molar-refractivity contribution is 6.10. The van der Waals surface area contributed by atoms with E-state index in [1.807, 2.05) is 19.0 Å². The summed E-state index contributed by atoms with van der Waals surface area (Å²) in [4.78, 5) is 31.4. The number of benzene rings is 2. The lowest BCUT2D eigenvalue weighted by Gasteiger charge is -2.22. The number of ether oxygens (including phenoxy) is 3. The first-order chi connectivity index (χ1) is 21.7. The molecule has 1 heterocycles. The van der Waals surface area contributed by atoms with Crippen LogP contribution in [0, 0.1) is 5.92 Å². The number of alkyl halides is 2. The van der Waals surface area contributed by atoms with Gasteiger partial charge in [0.25, 0.3) is 0 Å². The standard InChI is InChI=1S/C30H32Cl2F2N4O7/c1-38(2)12-11-36-30(40)37-21-8-5-19(6-9-21)28(39)42-24(14-22-26(44-31)15-35-16-27(22)45-32)20-7-10-23(43-29(33)34)25(13-20)41-17-18-3-4-18/h5-10,13,15-16,18,24,29H,3-4,11-12,14,17H2,1-2H3,(H2,36,37,40). The van der Waals surface area contributed by atoms with Crippen LogP contribution in [-0.2, 0) is 11.2 Å². The molecule has 1 aliphatic rings. The zero-order valence-electron chi connectivity index (χ0n) is 24.4. The number of urea groups is 1. The summed E-state index contributed by atoms with van der Waals surface area (Å²) in [7, 11) is 3.79. The van der Waals surface area contributed by atoms with Gasteiger partial charge in [-0.1, -0.05) is 6.07 Å². The fraction of sp³-hybridized carbons (Fsp3) is 0.367. The van der Waals surface area contributed by atoms with Gasteiger partial charge in [-0.3, -0.25) is 4.98 Å². The normalized spacial score (nSPS) is 13.2. The highest BCUT2D eigenvalue weighted by Crippen LogP contribution is 2.39. The molecule has 4 rings (SSSR count). The molecule has 1 unspecified atom stereocenters. The first-order valence-electron chi connectivity index (χ1n) is 13.9. The Morgan fingerprint density at radius 3 is 2.29 bits per heavy atom. The molecule has 0 bridgehead atoms. The van der Waals surface area contributed by atoms with Crippen molar-refractivity contribution >= 4 is 41.4 Å². The Balaban J connectivity index is 1.58. The van der Waals surface area contributed by atoms with Crippen LogP contribution in [0.3, 0.4) is 0 Å². The van der Waals surface area contributed by atoms with Gasteiger partial charge in [-0.15, -0.1) is 0 Å². The maximum absolute atomic E-state index is 13.4. The zero-order chi connectivity index (χ0) is 32.3. The largest absolute Gasteiger partial charge is 0.489 e. The molecular formula is C30H32Cl2F2N4O7. The Labute approximate surface area is 269 Å². The van der Waals surface area contributed by atoms with Gasteiger partial charge in [0.05, 0.1) is 24.6 Å². The van der Waals surface area contributed by atoms with Crippen molar-refractivity contribution in [1.82, 2.24) is 15.2 Å². The quantitative estimate of drug-likeness (QED) is 0.168. The molecule has 1 atom stereocenters. The predicted octanol–water partition coefficient (Wildman–Crippen LogP) is 6.36. The number of carbonyl (C=O) groups excluding carboxylic acids is 2. The number of likely N-dealkylation sites (N-methyl/N-ethyl adjacent to an activating group) is 1. The van der Waals surface area contributed by atoms with Crippen molar-refractivity contribution in [3.8, 4) is 23.0 Å². The summed E-state index contributed by atoms with van der Waals surface area (Å²) in [5.74, 6) is -0.293. The molecule has 2 N–H and O–H groups in total. The van der Waals surface area contributed by atoms with Gasteiger partial charge in [0, 0.05) is 30.8 Å². The molecule has 0 saturated heterocycles. The van der Waals surface area contributed by atoms with Gasteiger partial charge in [0.1, 0.15) is 29.8 Å². The second-order valence-electron chi connectivity index (χ2n) is 10.5. The van der Waals surface area contributed by atoms with Crippen molar-refractivity contribution in [2.75, 3.05) is 39.1 Å². The minimum atomic E-state index is -3.07. The molecule has 45 heavy (non-hydrogen) atoms. The number of carbonyl (C=O) groups is 2. The number of halogens is 4. The molecule has 2 aromatic carbocycles. The summed E-state index contributed by atoms with van der Waals surface area (Å²) in [5.41, 5.74) is 1.35. The number of pyridine rings is 1. The number of amides is 2. The van der Waals surface area contributed by atoms with Crippen LogP contribution < -0.4 is 28.7 Å². The number of esters is 1. The summed E-state index contributed by atoms with van der Waals surface area (Å²) >= 11 is 11.3. The van der Waals surface area contributed by atoms with Crippen LogP contribution in [0.2, 0.25) is 0 Å². The monoisotopic (exact) mass is 668 g/mol. The average molecular weight is 670 g/mol. The molecule has 1 fully saturated rings. The van der Waals surface area contributed by atoms with Gasteiger partial charge >= 0.3 is 18.6 Å². The minimum Gasteiger partial charge on any atom is -0.489 e. The first-order valence-corrected chi connectivity index (χ1v) is 14.5. The molecule has 242 valence electrons. The Bertz CT molecular complexity index is 1420. The van der Waals surface area contributed by atoms with Gasteiger partial charge in [-0.05, 0) is 74.8 Å². The second kappa shape index (κ2) is 16.3. The molecule has 1 aliphatic carbocycles. The van der Waals surface area contributed by atoms with E-state index in [2.05, 4.69) is 20.4 Å². The van der Waals surface area contributed by atoms with Gasteiger partial charge in [0.15, 0.2) is 23.0 Å². The highest BCUT2D eigenvalue weighted by Gasteiger charge is 2.27. The molecule has 0 radical (unpaired) electrons. The van der Waals surface area contributed by atoms with E-state index in [9.17, 15) is 18.4 Å². The molecule has 1 saturated carbocycles. The third-order valence-corrected chi connectivity index (χ3v) is 7.07. The molecule has 1 aromatic heterocycles. The van der Waals surface area contributed by atoms with Crippen LogP contribution in [0.25, 0.3) is 0 Å². The lowest BCUT2D eigenvalue weighted by atomic mass is 10.00. The third kappa shape index (κ3) is 10.2. The number of nitrogens with one attached hydrogen (secondary N) is 2. The Morgan fingerprint density at radius 1 is 1.00 bits per heavy atom. The van der Waals surface area contributed by atoms with Crippen LogP contribution in [0.5, 0.6) is 23.0 Å². The predicted molar refractivity (Wildman–Crippen MR) is 162 cm³/mol. The van der Waals surface area contributed by atoms with Crippen LogP contribution in [0.15, 0.2) is 54.9 Å². The molecule has 0 spiro atoms. The van der Waals surface area contributed by atoms with E-state index < -0.39 is 24.7 Å². The van der Waals surface area contributed by atoms with Crippen LogP contribution in [-0.4, -0.2) is 62.3 Å². The van der Waals surface area contributed by atoms with E-state index in [0.717, 1.165) is 12.8 Å². The number of aromatic nitrogens is 1. The van der Waals surface area contributed by atoms with E-state index in [0.29, 0.717) is 42.4 Å². The summed E-state index contributed by atoms with van der Waals surface area (Å²) in [6.45, 7) is -1.62. The number of rotatable bonds is 16. The van der Waals surface area contributed by atoms with Crippen molar-refractivity contribution < 1.29 is 41.2 Å². The second-order valence-corrected chi connectivity index (χ2v) is 10.8. The minimum absolute atomic E-state index is 0.0670. The zero-order valence-corrected chi connectivity index (χ0v) is 25.9. The van der Waals surface area contributed by atoms with E-state index in [1.165, 1.54) is 42.7 Å². The summed E-state index contributed by atoms with van der Waals surface area (Å²) in [6.07, 6.45) is 3.50. The highest BCUT2D eigenvalue weighted by atomic mass is 35.5. The molecule has 0 aliphatic heterocycles. The van der Waals surface area contributed by atoms with Gasteiger partial charge < -0.3 is 38.3 Å². The fourth-order valence-corrected chi connectivity index (χ4v) is 4.44.